The molecule has 192 valence electrons. The smallest absolute Gasteiger partial charge is 0.324 e. The van der Waals surface area contributed by atoms with Crippen molar-refractivity contribution in [2.75, 3.05) is 52.0 Å². The van der Waals surface area contributed by atoms with Crippen LogP contribution >= 0.6 is 0 Å². The van der Waals surface area contributed by atoms with E-state index in [2.05, 4.69) is 5.32 Å². The van der Waals surface area contributed by atoms with Crippen LogP contribution in [0.5, 0.6) is 5.75 Å². The summed E-state index contributed by atoms with van der Waals surface area (Å²) in [6, 6.07) is 15.1. The van der Waals surface area contributed by atoms with Gasteiger partial charge in [0.05, 0.1) is 18.3 Å². The fourth-order valence-electron chi connectivity index (χ4n) is 3.74. The van der Waals surface area contributed by atoms with Gasteiger partial charge in [-0.15, -0.1) is 0 Å². The Labute approximate surface area is 206 Å². The molecule has 1 fully saturated rings. The minimum Gasteiger partial charge on any atom is -0.489 e. The van der Waals surface area contributed by atoms with Crippen molar-refractivity contribution in [1.29, 1.82) is 0 Å². The third kappa shape index (κ3) is 7.74. The highest BCUT2D eigenvalue weighted by Gasteiger charge is 2.32. The third-order valence-electron chi connectivity index (χ3n) is 5.72. The van der Waals surface area contributed by atoms with Crippen LogP contribution in [0.2, 0.25) is 0 Å². The molecule has 0 saturated carbocycles. The number of esters is 1. The summed E-state index contributed by atoms with van der Waals surface area (Å²) >= 11 is 0. The second-order valence-corrected chi connectivity index (χ2v) is 12.2. The van der Waals surface area contributed by atoms with Crippen molar-refractivity contribution in [2.45, 2.75) is 17.5 Å². The molecule has 1 heterocycles. The maximum atomic E-state index is 12.8. The highest BCUT2D eigenvalue weighted by Crippen LogP contribution is 2.18. The van der Waals surface area contributed by atoms with E-state index in [1.54, 1.807) is 17.0 Å². The predicted molar refractivity (Wildman–Crippen MR) is 131 cm³/mol. The molecular formula is C23H31N3O7S2. The molecule has 12 heteroatoms. The van der Waals surface area contributed by atoms with E-state index in [-0.39, 0.29) is 30.4 Å². The van der Waals surface area contributed by atoms with Crippen molar-refractivity contribution in [3.8, 4) is 5.75 Å². The number of benzene rings is 2. The van der Waals surface area contributed by atoms with E-state index >= 15 is 0 Å². The Kier molecular flexibility index (Phi) is 9.25. The lowest BCUT2D eigenvalue weighted by Gasteiger charge is -2.37. The van der Waals surface area contributed by atoms with Crippen LogP contribution in [0.15, 0.2) is 59.5 Å². The summed E-state index contributed by atoms with van der Waals surface area (Å²) in [6.45, 7) is 1.61. The van der Waals surface area contributed by atoms with Gasteiger partial charge in [0.25, 0.3) is 0 Å². The first-order chi connectivity index (χ1) is 16.6. The zero-order valence-electron chi connectivity index (χ0n) is 19.8. The molecule has 1 N–H and O–H groups in total. The summed E-state index contributed by atoms with van der Waals surface area (Å²) in [5, 5.41) is 2.85. The van der Waals surface area contributed by atoms with Crippen molar-refractivity contribution in [2.24, 2.45) is 0 Å². The van der Waals surface area contributed by atoms with E-state index in [1.165, 1.54) is 23.5 Å². The molecule has 0 amide bonds. The summed E-state index contributed by atoms with van der Waals surface area (Å²) < 4.78 is 60.9. The number of carbonyl (C=O) groups excluding carboxylic acids is 1. The Balaban J connectivity index is 1.54. The van der Waals surface area contributed by atoms with E-state index in [1.807, 2.05) is 30.3 Å². The van der Waals surface area contributed by atoms with Gasteiger partial charge in [0.1, 0.15) is 24.3 Å². The topological polar surface area (TPSA) is 122 Å². The molecule has 1 saturated heterocycles. The highest BCUT2D eigenvalue weighted by molar-refractivity contribution is 7.91. The molecule has 0 aromatic heterocycles. The fraction of sp³-hybridized carbons (Fsp3) is 0.435. The number of rotatable bonds is 11. The molecule has 0 aliphatic carbocycles. The van der Waals surface area contributed by atoms with Crippen molar-refractivity contribution >= 4 is 25.8 Å². The molecule has 0 radical (unpaired) electrons. The van der Waals surface area contributed by atoms with Crippen LogP contribution in [-0.4, -0.2) is 90.0 Å². The first-order valence-corrected chi connectivity index (χ1v) is 14.6. The van der Waals surface area contributed by atoms with E-state index in [4.69, 9.17) is 9.47 Å². The zero-order chi connectivity index (χ0) is 25.5. The third-order valence-corrected chi connectivity index (χ3v) is 8.59. The standard InChI is InChI=1S/C23H31N3O7S2/c1-32-23(27)22(25-12-14-26(15-13-25)34(2,28)29)16-24-18-35(30,31)21-10-8-20(9-11-21)33-17-19-6-4-3-5-7-19/h3-11,22,24H,12-18H2,1-2H3/t22-/m0/s1. The number of hydrogen-bond acceptors (Lipinski definition) is 9. The number of sulfone groups is 1. The van der Waals surface area contributed by atoms with E-state index < -0.39 is 31.9 Å². The summed E-state index contributed by atoms with van der Waals surface area (Å²) in [5.41, 5.74) is 1.01. The van der Waals surface area contributed by atoms with Gasteiger partial charge in [-0.2, -0.15) is 4.31 Å². The van der Waals surface area contributed by atoms with Gasteiger partial charge in [-0.1, -0.05) is 30.3 Å². The molecular weight excluding hydrogens is 494 g/mol. The molecule has 2 aromatic rings. The number of carbonyl (C=O) groups is 1. The fourth-order valence-corrected chi connectivity index (χ4v) is 5.67. The monoisotopic (exact) mass is 525 g/mol. The SMILES string of the molecule is COC(=O)[C@H](CNCS(=O)(=O)c1ccc(OCc2ccccc2)cc1)N1CCN(S(C)(=O)=O)CC1. The Bertz CT molecular complexity index is 1180. The number of methoxy groups -OCH3 is 1. The molecule has 0 bridgehead atoms. The van der Waals surface area contributed by atoms with Crippen LogP contribution in [0.1, 0.15) is 5.56 Å². The number of nitrogens with zero attached hydrogens (tertiary/aromatic N) is 2. The largest absolute Gasteiger partial charge is 0.489 e. The Morgan fingerprint density at radius 2 is 1.60 bits per heavy atom. The molecule has 0 spiro atoms. The predicted octanol–water partition coefficient (Wildman–Crippen LogP) is 0.705. The average Bonchev–Trinajstić information content (AvgIpc) is 2.85. The quantitative estimate of drug-likeness (QED) is 0.423. The summed E-state index contributed by atoms with van der Waals surface area (Å²) in [6.07, 6.45) is 1.15. The number of hydrogen-bond donors (Lipinski definition) is 1. The summed E-state index contributed by atoms with van der Waals surface area (Å²) in [4.78, 5) is 14.2. The normalized spacial score (nSPS) is 16.5. The molecule has 1 atom stereocenters. The lowest BCUT2D eigenvalue weighted by atomic mass is 10.2. The van der Waals surface area contributed by atoms with Gasteiger partial charge in [-0.3, -0.25) is 9.69 Å². The van der Waals surface area contributed by atoms with Gasteiger partial charge in [0, 0.05) is 32.7 Å². The maximum absolute atomic E-state index is 12.8. The summed E-state index contributed by atoms with van der Waals surface area (Å²) in [7, 11) is -5.69. The maximum Gasteiger partial charge on any atom is 0.324 e. The summed E-state index contributed by atoms with van der Waals surface area (Å²) in [5.74, 6) is -0.323. The molecule has 35 heavy (non-hydrogen) atoms. The van der Waals surface area contributed by atoms with E-state index in [0.29, 0.717) is 25.4 Å². The first kappa shape index (κ1) is 27.1. The average molecular weight is 526 g/mol. The molecule has 10 nitrogen and oxygen atoms in total. The highest BCUT2D eigenvalue weighted by atomic mass is 32.2. The number of piperazine rings is 1. The molecule has 1 aliphatic rings. The van der Waals surface area contributed by atoms with Crippen LogP contribution < -0.4 is 10.1 Å². The van der Waals surface area contributed by atoms with Gasteiger partial charge >= 0.3 is 5.97 Å². The molecule has 0 unspecified atom stereocenters. The van der Waals surface area contributed by atoms with E-state index in [9.17, 15) is 21.6 Å². The molecule has 2 aromatic carbocycles. The van der Waals surface area contributed by atoms with Crippen LogP contribution in [0.3, 0.4) is 0 Å². The van der Waals surface area contributed by atoms with Gasteiger partial charge in [0.2, 0.25) is 10.0 Å². The van der Waals surface area contributed by atoms with Crippen molar-refractivity contribution in [1.82, 2.24) is 14.5 Å². The minimum atomic E-state index is -3.66. The van der Waals surface area contributed by atoms with Crippen LogP contribution in [0.25, 0.3) is 0 Å². The van der Waals surface area contributed by atoms with Crippen molar-refractivity contribution in [3.63, 3.8) is 0 Å². The lowest BCUT2D eigenvalue weighted by Crippen LogP contribution is -2.56. The van der Waals surface area contributed by atoms with Gasteiger partial charge < -0.3 is 14.8 Å². The van der Waals surface area contributed by atoms with Gasteiger partial charge in [-0.25, -0.2) is 16.8 Å². The second kappa shape index (κ2) is 12.0. The van der Waals surface area contributed by atoms with Crippen molar-refractivity contribution < 1.29 is 31.1 Å². The zero-order valence-corrected chi connectivity index (χ0v) is 21.4. The Morgan fingerprint density at radius 1 is 0.971 bits per heavy atom. The minimum absolute atomic E-state index is 0.0447. The number of sulfonamides is 1. The van der Waals surface area contributed by atoms with Gasteiger partial charge in [-0.05, 0) is 29.8 Å². The van der Waals surface area contributed by atoms with E-state index in [0.717, 1.165) is 11.8 Å². The van der Waals surface area contributed by atoms with Crippen LogP contribution in [0.4, 0.5) is 0 Å². The van der Waals surface area contributed by atoms with Crippen LogP contribution in [0, 0.1) is 0 Å². The Hall–Kier alpha value is -2.51. The number of ether oxygens (including phenoxy) is 2. The molecule has 1 aliphatic heterocycles. The number of nitrogens with one attached hydrogen (secondary N) is 1. The van der Waals surface area contributed by atoms with Crippen molar-refractivity contribution in [3.05, 3.63) is 60.2 Å². The van der Waals surface area contributed by atoms with Gasteiger partial charge in [0.15, 0.2) is 9.84 Å². The molecule has 3 rings (SSSR count). The second-order valence-electron chi connectivity index (χ2n) is 8.20. The lowest BCUT2D eigenvalue weighted by molar-refractivity contribution is -0.147. The first-order valence-electron chi connectivity index (χ1n) is 11.1. The van der Waals surface area contributed by atoms with Crippen LogP contribution in [-0.2, 0) is 36.0 Å². The Morgan fingerprint density at radius 3 is 2.17 bits per heavy atom.